The summed E-state index contributed by atoms with van der Waals surface area (Å²) in [6, 6.07) is 0.254. The van der Waals surface area contributed by atoms with Crippen LogP contribution in [0.4, 0.5) is 0 Å². The SMILES string of the molecule is CC(C)NC(=O)C(I)I. The summed E-state index contributed by atoms with van der Waals surface area (Å²) in [5, 5.41) is 2.79. The van der Waals surface area contributed by atoms with E-state index < -0.39 is 0 Å². The van der Waals surface area contributed by atoms with E-state index in [1.807, 2.05) is 13.8 Å². The largest absolute Gasteiger partial charge is 0.352 e. The fourth-order valence-corrected chi connectivity index (χ4v) is 0.707. The molecule has 2 nitrogen and oxygen atoms in total. The van der Waals surface area contributed by atoms with Crippen molar-refractivity contribution in [2.45, 2.75) is 21.8 Å². The monoisotopic (exact) mass is 353 g/mol. The number of carbonyl (C=O) groups excluding carboxylic acids is 1. The summed E-state index contributed by atoms with van der Waals surface area (Å²) in [5.74, 6) is 0.103. The van der Waals surface area contributed by atoms with E-state index in [4.69, 9.17) is 0 Å². The second kappa shape index (κ2) is 4.70. The van der Waals surface area contributed by atoms with E-state index in [0.717, 1.165) is 0 Å². The lowest BCUT2D eigenvalue weighted by atomic mass is 10.4. The smallest absolute Gasteiger partial charge is 0.243 e. The first kappa shape index (κ1) is 9.93. The number of alkyl halides is 2. The molecule has 0 saturated carbocycles. The minimum atomic E-state index is 0.0441. The standard InChI is InChI=1S/C5H9I2NO/c1-3(2)8-5(9)4(6)7/h3-4H,1-2H3,(H,8,9). The number of carbonyl (C=O) groups is 1. The second-order valence-electron chi connectivity index (χ2n) is 1.96. The average molecular weight is 353 g/mol. The van der Waals surface area contributed by atoms with Crippen LogP contribution in [-0.4, -0.2) is 13.9 Å². The maximum Gasteiger partial charge on any atom is 0.243 e. The van der Waals surface area contributed by atoms with Crippen LogP contribution in [0, 0.1) is 0 Å². The Morgan fingerprint density at radius 3 is 2.00 bits per heavy atom. The molecule has 0 aliphatic heterocycles. The predicted molar refractivity (Wildman–Crippen MR) is 55.1 cm³/mol. The van der Waals surface area contributed by atoms with Gasteiger partial charge in [0.25, 0.3) is 0 Å². The summed E-state index contributed by atoms with van der Waals surface area (Å²) in [6.07, 6.45) is 0. The summed E-state index contributed by atoms with van der Waals surface area (Å²) in [4.78, 5) is 10.8. The number of hydrogen-bond acceptors (Lipinski definition) is 1. The van der Waals surface area contributed by atoms with E-state index in [0.29, 0.717) is 0 Å². The molecule has 0 unspecified atom stereocenters. The molecule has 0 radical (unpaired) electrons. The van der Waals surface area contributed by atoms with Crippen molar-refractivity contribution in [2.75, 3.05) is 0 Å². The topological polar surface area (TPSA) is 29.1 Å². The van der Waals surface area contributed by atoms with Crippen molar-refractivity contribution in [1.82, 2.24) is 5.32 Å². The van der Waals surface area contributed by atoms with Crippen LogP contribution in [0.3, 0.4) is 0 Å². The molecule has 0 heterocycles. The number of halogens is 2. The molecular weight excluding hydrogens is 344 g/mol. The fourth-order valence-electron chi connectivity index (χ4n) is 0.348. The molecule has 0 bridgehead atoms. The van der Waals surface area contributed by atoms with Crippen LogP contribution in [-0.2, 0) is 4.79 Å². The first-order chi connectivity index (χ1) is 4.04. The van der Waals surface area contributed by atoms with Gasteiger partial charge in [-0.2, -0.15) is 0 Å². The molecule has 1 N–H and O–H groups in total. The Balaban J connectivity index is 3.51. The molecule has 0 atom stereocenters. The highest BCUT2D eigenvalue weighted by atomic mass is 127. The van der Waals surface area contributed by atoms with Crippen LogP contribution < -0.4 is 5.32 Å². The highest BCUT2D eigenvalue weighted by molar-refractivity contribution is 14.2. The van der Waals surface area contributed by atoms with Crippen molar-refractivity contribution in [3.63, 3.8) is 0 Å². The van der Waals surface area contributed by atoms with Crippen molar-refractivity contribution in [2.24, 2.45) is 0 Å². The van der Waals surface area contributed by atoms with Crippen LogP contribution in [0.5, 0.6) is 0 Å². The van der Waals surface area contributed by atoms with Crippen molar-refractivity contribution >= 4 is 51.1 Å². The van der Waals surface area contributed by atoms with E-state index >= 15 is 0 Å². The average Bonchev–Trinajstić information content (AvgIpc) is 1.63. The molecule has 4 heteroatoms. The van der Waals surface area contributed by atoms with Crippen LogP contribution in [0.15, 0.2) is 0 Å². The van der Waals surface area contributed by atoms with Gasteiger partial charge in [0.05, 0.1) is 0 Å². The van der Waals surface area contributed by atoms with Gasteiger partial charge in [0.2, 0.25) is 5.91 Å². The van der Waals surface area contributed by atoms with Gasteiger partial charge in [0, 0.05) is 6.04 Å². The maximum absolute atomic E-state index is 10.8. The van der Waals surface area contributed by atoms with Crippen LogP contribution >= 0.6 is 45.2 Å². The zero-order chi connectivity index (χ0) is 7.44. The Morgan fingerprint density at radius 2 is 1.89 bits per heavy atom. The lowest BCUT2D eigenvalue weighted by Crippen LogP contribution is -2.33. The number of hydrogen-bond donors (Lipinski definition) is 1. The van der Waals surface area contributed by atoms with Gasteiger partial charge >= 0.3 is 0 Å². The quantitative estimate of drug-likeness (QED) is 0.595. The highest BCUT2D eigenvalue weighted by Crippen LogP contribution is 2.08. The van der Waals surface area contributed by atoms with Crippen LogP contribution in [0.1, 0.15) is 13.8 Å². The summed E-state index contributed by atoms with van der Waals surface area (Å²) >= 11 is 4.15. The first-order valence-electron chi connectivity index (χ1n) is 2.62. The zero-order valence-corrected chi connectivity index (χ0v) is 9.63. The number of nitrogens with one attached hydrogen (secondary N) is 1. The van der Waals surface area contributed by atoms with Gasteiger partial charge in [-0.3, -0.25) is 4.79 Å². The Labute approximate surface area is 82.4 Å². The van der Waals surface area contributed by atoms with E-state index in [1.165, 1.54) is 0 Å². The van der Waals surface area contributed by atoms with Gasteiger partial charge in [0.15, 0.2) is 0 Å². The molecular formula is C5H9I2NO. The third-order valence-electron chi connectivity index (χ3n) is 0.629. The van der Waals surface area contributed by atoms with E-state index in [2.05, 4.69) is 50.5 Å². The Bertz CT molecular complexity index is 103. The van der Waals surface area contributed by atoms with E-state index in [9.17, 15) is 4.79 Å². The minimum Gasteiger partial charge on any atom is -0.352 e. The third-order valence-corrected chi connectivity index (χ3v) is 1.76. The minimum absolute atomic E-state index is 0.0441. The van der Waals surface area contributed by atoms with Crippen molar-refractivity contribution in [3.05, 3.63) is 0 Å². The van der Waals surface area contributed by atoms with Gasteiger partial charge in [-0.25, -0.2) is 0 Å². The fraction of sp³-hybridized carbons (Fsp3) is 0.800. The molecule has 0 aliphatic rings. The lowest BCUT2D eigenvalue weighted by Gasteiger charge is -2.07. The Morgan fingerprint density at radius 1 is 1.44 bits per heavy atom. The first-order valence-corrected chi connectivity index (χ1v) is 5.11. The van der Waals surface area contributed by atoms with Crippen molar-refractivity contribution < 1.29 is 4.79 Å². The molecule has 9 heavy (non-hydrogen) atoms. The van der Waals surface area contributed by atoms with Gasteiger partial charge in [-0.15, -0.1) is 0 Å². The number of amides is 1. The van der Waals surface area contributed by atoms with Gasteiger partial charge < -0.3 is 5.32 Å². The lowest BCUT2D eigenvalue weighted by molar-refractivity contribution is -0.119. The third kappa shape index (κ3) is 5.38. The number of rotatable bonds is 2. The molecule has 1 amide bonds. The molecule has 0 fully saturated rings. The van der Waals surface area contributed by atoms with Gasteiger partial charge in [0.1, 0.15) is 1.93 Å². The summed E-state index contributed by atoms with van der Waals surface area (Å²) in [7, 11) is 0. The molecule has 0 saturated heterocycles. The summed E-state index contributed by atoms with van der Waals surface area (Å²) < 4.78 is 0.0441. The van der Waals surface area contributed by atoms with Crippen LogP contribution in [0.25, 0.3) is 0 Å². The zero-order valence-electron chi connectivity index (χ0n) is 5.32. The predicted octanol–water partition coefficient (Wildman–Crippen LogP) is 1.71. The summed E-state index contributed by atoms with van der Waals surface area (Å²) in [5.41, 5.74) is 0. The highest BCUT2D eigenvalue weighted by Gasteiger charge is 2.09. The molecule has 0 spiro atoms. The molecule has 0 aromatic heterocycles. The van der Waals surface area contributed by atoms with Gasteiger partial charge in [-0.05, 0) is 13.8 Å². The molecule has 0 aromatic rings. The molecule has 0 aliphatic carbocycles. The van der Waals surface area contributed by atoms with Crippen LogP contribution in [0.2, 0.25) is 0 Å². The Hall–Kier alpha value is 0.930. The molecule has 54 valence electrons. The maximum atomic E-state index is 10.8. The molecule has 0 rings (SSSR count). The Kier molecular flexibility index (Phi) is 5.19. The van der Waals surface area contributed by atoms with E-state index in [-0.39, 0.29) is 13.9 Å². The second-order valence-corrected chi connectivity index (χ2v) is 6.84. The van der Waals surface area contributed by atoms with Crippen molar-refractivity contribution in [3.8, 4) is 0 Å². The summed E-state index contributed by atoms with van der Waals surface area (Å²) in [6.45, 7) is 3.90. The molecule has 0 aromatic carbocycles. The normalized spacial score (nSPS) is 10.4. The van der Waals surface area contributed by atoms with E-state index in [1.54, 1.807) is 0 Å². The van der Waals surface area contributed by atoms with Gasteiger partial charge in [-0.1, -0.05) is 45.2 Å². The van der Waals surface area contributed by atoms with Crippen molar-refractivity contribution in [1.29, 1.82) is 0 Å².